The minimum Gasteiger partial charge on any atom is -0.297 e. The van der Waals surface area contributed by atoms with Crippen molar-refractivity contribution in [2.75, 3.05) is 26.2 Å². The molecule has 2 aromatic carbocycles. The predicted octanol–water partition coefficient (Wildman–Crippen LogP) is 3.02. The van der Waals surface area contributed by atoms with Crippen LogP contribution in [0.3, 0.4) is 0 Å². The lowest BCUT2D eigenvalue weighted by Gasteiger charge is -2.39. The second kappa shape index (κ2) is 9.80. The molecule has 0 amide bonds. The Balaban J connectivity index is 1.36. The van der Waals surface area contributed by atoms with E-state index in [0.29, 0.717) is 6.54 Å². The molecule has 0 radical (unpaired) electrons. The lowest BCUT2D eigenvalue weighted by Crippen LogP contribution is -2.48. The maximum Gasteiger partial charge on any atom is 0.173 e. The fraction of sp³-hybridized carbons (Fsp3) is 0.280. The Morgan fingerprint density at radius 3 is 2.09 bits per heavy atom. The SMILES string of the molecule is c1ccc(Cn2nnnc2C(c2ccccc2)N2CCN(Cc3ccncc3)CC2)cc1. The van der Waals surface area contributed by atoms with E-state index in [9.17, 15) is 0 Å². The molecular weight excluding hydrogens is 398 g/mol. The van der Waals surface area contributed by atoms with E-state index in [2.05, 4.69) is 97.0 Å². The topological polar surface area (TPSA) is 63.0 Å². The van der Waals surface area contributed by atoms with Gasteiger partial charge in [-0.15, -0.1) is 5.10 Å². The van der Waals surface area contributed by atoms with Gasteiger partial charge in [-0.2, -0.15) is 0 Å². The first kappa shape index (κ1) is 20.5. The summed E-state index contributed by atoms with van der Waals surface area (Å²) < 4.78 is 1.94. The summed E-state index contributed by atoms with van der Waals surface area (Å²) in [5, 5.41) is 12.9. The number of rotatable bonds is 7. The van der Waals surface area contributed by atoms with Gasteiger partial charge in [0.2, 0.25) is 0 Å². The predicted molar refractivity (Wildman–Crippen MR) is 123 cm³/mol. The molecule has 7 nitrogen and oxygen atoms in total. The fourth-order valence-electron chi connectivity index (χ4n) is 4.36. The first-order valence-corrected chi connectivity index (χ1v) is 11.1. The van der Waals surface area contributed by atoms with Crippen molar-refractivity contribution in [1.29, 1.82) is 0 Å². The monoisotopic (exact) mass is 425 g/mol. The van der Waals surface area contributed by atoms with Crippen molar-refractivity contribution in [3.8, 4) is 0 Å². The second-order valence-electron chi connectivity index (χ2n) is 8.16. The molecule has 0 N–H and O–H groups in total. The third-order valence-corrected chi connectivity index (χ3v) is 6.02. The lowest BCUT2D eigenvalue weighted by atomic mass is 10.0. The van der Waals surface area contributed by atoms with E-state index in [1.165, 1.54) is 16.7 Å². The van der Waals surface area contributed by atoms with Gasteiger partial charge in [0.1, 0.15) is 0 Å². The van der Waals surface area contributed by atoms with E-state index in [-0.39, 0.29) is 6.04 Å². The lowest BCUT2D eigenvalue weighted by molar-refractivity contribution is 0.100. The number of hydrogen-bond donors (Lipinski definition) is 0. The molecule has 1 unspecified atom stereocenters. The number of benzene rings is 2. The number of tetrazole rings is 1. The van der Waals surface area contributed by atoms with Crippen molar-refractivity contribution in [2.45, 2.75) is 19.1 Å². The van der Waals surface area contributed by atoms with Crippen LogP contribution in [0.4, 0.5) is 0 Å². The highest BCUT2D eigenvalue weighted by molar-refractivity contribution is 5.25. The molecule has 1 atom stereocenters. The summed E-state index contributed by atoms with van der Waals surface area (Å²) in [5.41, 5.74) is 3.72. The molecule has 5 rings (SSSR count). The highest BCUT2D eigenvalue weighted by Crippen LogP contribution is 2.28. The number of pyridine rings is 1. The van der Waals surface area contributed by atoms with E-state index < -0.39 is 0 Å². The summed E-state index contributed by atoms with van der Waals surface area (Å²) in [6.45, 7) is 5.55. The van der Waals surface area contributed by atoms with Crippen molar-refractivity contribution in [2.24, 2.45) is 0 Å². The molecule has 1 saturated heterocycles. The Morgan fingerprint density at radius 1 is 0.719 bits per heavy atom. The van der Waals surface area contributed by atoms with E-state index >= 15 is 0 Å². The van der Waals surface area contributed by atoms with Crippen molar-refractivity contribution in [3.63, 3.8) is 0 Å². The van der Waals surface area contributed by atoms with Crippen molar-refractivity contribution in [3.05, 3.63) is 108 Å². The molecule has 0 aliphatic carbocycles. The maximum atomic E-state index is 4.49. The Kier molecular flexibility index (Phi) is 6.28. The molecule has 0 saturated carbocycles. The van der Waals surface area contributed by atoms with E-state index in [4.69, 9.17) is 0 Å². The summed E-state index contributed by atoms with van der Waals surface area (Å²) in [7, 11) is 0. The van der Waals surface area contributed by atoms with Crippen LogP contribution in [-0.4, -0.2) is 61.2 Å². The van der Waals surface area contributed by atoms with Crippen LogP contribution in [0.1, 0.15) is 28.6 Å². The third kappa shape index (κ3) is 4.74. The maximum absolute atomic E-state index is 4.49. The van der Waals surface area contributed by atoms with E-state index in [1.807, 2.05) is 23.1 Å². The van der Waals surface area contributed by atoms with Crippen LogP contribution in [0.15, 0.2) is 85.2 Å². The molecule has 0 bridgehead atoms. The van der Waals surface area contributed by atoms with Crippen molar-refractivity contribution >= 4 is 0 Å². The van der Waals surface area contributed by atoms with Crippen molar-refractivity contribution in [1.82, 2.24) is 35.0 Å². The first-order chi connectivity index (χ1) is 15.9. The quantitative estimate of drug-likeness (QED) is 0.454. The van der Waals surface area contributed by atoms with Gasteiger partial charge in [0.25, 0.3) is 0 Å². The van der Waals surface area contributed by atoms with Crippen LogP contribution in [0.25, 0.3) is 0 Å². The molecule has 162 valence electrons. The van der Waals surface area contributed by atoms with Crippen LogP contribution in [0.5, 0.6) is 0 Å². The van der Waals surface area contributed by atoms with Crippen LogP contribution in [-0.2, 0) is 13.1 Å². The average molecular weight is 426 g/mol. The summed E-state index contributed by atoms with van der Waals surface area (Å²) in [6, 6.07) is 25.2. The Hall–Kier alpha value is -3.42. The molecule has 4 aromatic rings. The number of piperazine rings is 1. The zero-order chi connectivity index (χ0) is 21.6. The number of nitrogens with zero attached hydrogens (tertiary/aromatic N) is 7. The summed E-state index contributed by atoms with van der Waals surface area (Å²) in [5.74, 6) is 0.891. The minimum absolute atomic E-state index is 0.0259. The molecule has 7 heteroatoms. The Morgan fingerprint density at radius 2 is 1.38 bits per heavy atom. The van der Waals surface area contributed by atoms with Gasteiger partial charge < -0.3 is 0 Å². The minimum atomic E-state index is 0.0259. The van der Waals surface area contributed by atoms with E-state index in [0.717, 1.165) is 38.5 Å². The molecule has 0 spiro atoms. The van der Waals surface area contributed by atoms with Gasteiger partial charge in [-0.1, -0.05) is 60.7 Å². The zero-order valence-corrected chi connectivity index (χ0v) is 18.0. The van der Waals surface area contributed by atoms with Gasteiger partial charge in [-0.3, -0.25) is 14.8 Å². The van der Waals surface area contributed by atoms with Crippen LogP contribution in [0, 0.1) is 0 Å². The van der Waals surface area contributed by atoms with Crippen molar-refractivity contribution < 1.29 is 0 Å². The highest BCUT2D eigenvalue weighted by Gasteiger charge is 2.30. The fourth-order valence-corrected chi connectivity index (χ4v) is 4.36. The first-order valence-electron chi connectivity index (χ1n) is 11.1. The summed E-state index contributed by atoms with van der Waals surface area (Å²) in [6.07, 6.45) is 3.73. The van der Waals surface area contributed by atoms with Gasteiger partial charge in [0, 0.05) is 45.1 Å². The molecular formula is C25H27N7. The smallest absolute Gasteiger partial charge is 0.173 e. The summed E-state index contributed by atoms with van der Waals surface area (Å²) >= 11 is 0. The molecule has 3 heterocycles. The molecule has 1 fully saturated rings. The van der Waals surface area contributed by atoms with Crippen LogP contribution in [0.2, 0.25) is 0 Å². The van der Waals surface area contributed by atoms with Gasteiger partial charge in [-0.25, -0.2) is 4.68 Å². The number of hydrogen-bond acceptors (Lipinski definition) is 6. The van der Waals surface area contributed by atoms with E-state index in [1.54, 1.807) is 0 Å². The standard InChI is InChI=1S/C25H27N7/c1-3-7-21(8-4-1)20-32-25(27-28-29-32)24(23-9-5-2-6-10-23)31-17-15-30(16-18-31)19-22-11-13-26-14-12-22/h1-14,24H,15-20H2. The van der Waals surface area contributed by atoms with Gasteiger partial charge in [0.15, 0.2) is 5.82 Å². The van der Waals surface area contributed by atoms with Gasteiger partial charge in [-0.05, 0) is 39.2 Å². The molecule has 32 heavy (non-hydrogen) atoms. The third-order valence-electron chi connectivity index (χ3n) is 6.02. The highest BCUT2D eigenvalue weighted by atomic mass is 15.6. The Bertz CT molecular complexity index is 1090. The molecule has 2 aromatic heterocycles. The Labute approximate surface area is 188 Å². The number of aromatic nitrogens is 5. The average Bonchev–Trinajstić information content (AvgIpc) is 3.30. The van der Waals surface area contributed by atoms with Crippen LogP contribution >= 0.6 is 0 Å². The zero-order valence-electron chi connectivity index (χ0n) is 18.0. The normalized spacial score (nSPS) is 16.1. The second-order valence-corrected chi connectivity index (χ2v) is 8.16. The molecule has 1 aliphatic heterocycles. The largest absolute Gasteiger partial charge is 0.297 e. The summed E-state index contributed by atoms with van der Waals surface area (Å²) in [4.78, 5) is 9.13. The molecule has 1 aliphatic rings. The van der Waals surface area contributed by atoms with Gasteiger partial charge >= 0.3 is 0 Å². The van der Waals surface area contributed by atoms with Gasteiger partial charge in [0.05, 0.1) is 12.6 Å². The van der Waals surface area contributed by atoms with Crippen LogP contribution < -0.4 is 0 Å².